The molecule has 0 aliphatic carbocycles. The Bertz CT molecular complexity index is 920. The number of esters is 2. The molecule has 0 saturated heterocycles. The van der Waals surface area contributed by atoms with Crippen LogP contribution in [0.5, 0.6) is 11.5 Å². The molecule has 0 bridgehead atoms. The van der Waals surface area contributed by atoms with Crippen molar-refractivity contribution in [2.75, 3.05) is 5.73 Å². The highest BCUT2D eigenvalue weighted by molar-refractivity contribution is 5.83. The van der Waals surface area contributed by atoms with Crippen molar-refractivity contribution in [1.82, 2.24) is 0 Å². The Labute approximate surface area is 171 Å². The van der Waals surface area contributed by atoms with E-state index in [0.717, 1.165) is 0 Å². The first-order valence-corrected chi connectivity index (χ1v) is 9.32. The third kappa shape index (κ3) is 5.81. The van der Waals surface area contributed by atoms with Gasteiger partial charge in [-0.2, -0.15) is 0 Å². The Kier molecular flexibility index (Phi) is 6.38. The Hall–Kier alpha value is -2.86. The summed E-state index contributed by atoms with van der Waals surface area (Å²) in [5.41, 5.74) is 6.68. The first-order chi connectivity index (χ1) is 13.3. The highest BCUT2D eigenvalue weighted by Crippen LogP contribution is 2.36. The van der Waals surface area contributed by atoms with Gasteiger partial charge in [0.2, 0.25) is 0 Å². The van der Waals surface area contributed by atoms with Gasteiger partial charge in [0.15, 0.2) is 0 Å². The highest BCUT2D eigenvalue weighted by atomic mass is 16.5. The number of aliphatic hydroxyl groups is 1. The van der Waals surface area contributed by atoms with Crippen molar-refractivity contribution in [3.63, 3.8) is 0 Å². The van der Waals surface area contributed by atoms with Crippen LogP contribution in [-0.4, -0.2) is 17.0 Å². The predicted octanol–water partition coefficient (Wildman–Crippen LogP) is 4.13. The molecule has 2 aromatic carbocycles. The normalized spacial score (nSPS) is 11.8. The molecule has 6 heteroatoms. The fraction of sp³-hybridized carbons (Fsp3) is 0.391. The molecule has 0 fully saturated rings. The lowest BCUT2D eigenvalue weighted by Gasteiger charge is -2.20. The topological polar surface area (TPSA) is 98.8 Å². The average Bonchev–Trinajstić information content (AvgIpc) is 2.59. The summed E-state index contributed by atoms with van der Waals surface area (Å²) in [5, 5.41) is 9.47. The van der Waals surface area contributed by atoms with E-state index in [-0.39, 0.29) is 18.1 Å². The van der Waals surface area contributed by atoms with Crippen LogP contribution in [0, 0.1) is 16.9 Å². The number of hydrogen-bond acceptors (Lipinski definition) is 6. The third-order valence-electron chi connectivity index (χ3n) is 4.00. The van der Waals surface area contributed by atoms with Crippen LogP contribution in [0.2, 0.25) is 0 Å². The zero-order chi connectivity index (χ0) is 22.0. The minimum atomic E-state index is -0.735. The van der Waals surface area contributed by atoms with E-state index in [9.17, 15) is 14.7 Å². The smallest absolute Gasteiger partial charge is 0.316 e. The Morgan fingerprint density at radius 3 is 2.10 bits per heavy atom. The van der Waals surface area contributed by atoms with Gasteiger partial charge in [0, 0.05) is 17.3 Å². The molecule has 0 aliphatic heterocycles. The molecule has 0 atom stereocenters. The van der Waals surface area contributed by atoms with Crippen LogP contribution in [0.1, 0.15) is 47.1 Å². The van der Waals surface area contributed by atoms with Crippen molar-refractivity contribution in [3.05, 3.63) is 42.0 Å². The average molecular weight is 398 g/mol. The molecule has 0 heterocycles. The van der Waals surface area contributed by atoms with Gasteiger partial charge in [0.1, 0.15) is 11.5 Å². The van der Waals surface area contributed by atoms with E-state index >= 15 is 0 Å². The van der Waals surface area contributed by atoms with Gasteiger partial charge in [-0.3, -0.25) is 9.59 Å². The van der Waals surface area contributed by atoms with Gasteiger partial charge in [-0.25, -0.2) is 0 Å². The van der Waals surface area contributed by atoms with Crippen LogP contribution in [0.4, 0.5) is 5.69 Å². The highest BCUT2D eigenvalue weighted by Gasteiger charge is 2.27. The number of aliphatic hydroxyl groups excluding tert-OH is 1. The van der Waals surface area contributed by atoms with Crippen molar-refractivity contribution >= 4 is 17.6 Å². The number of carbonyl (C=O) groups excluding carboxylic acids is 2. The summed E-state index contributed by atoms with van der Waals surface area (Å²) in [7, 11) is 0. The quantitative estimate of drug-likeness (QED) is 0.456. The van der Waals surface area contributed by atoms with Gasteiger partial charge in [-0.1, -0.05) is 0 Å². The summed E-state index contributed by atoms with van der Waals surface area (Å²) in [5.74, 6) is -0.453. The van der Waals surface area contributed by atoms with E-state index in [4.69, 9.17) is 15.2 Å². The van der Waals surface area contributed by atoms with E-state index in [1.54, 1.807) is 59.7 Å². The van der Waals surface area contributed by atoms with Gasteiger partial charge in [-0.05, 0) is 83.0 Å². The van der Waals surface area contributed by atoms with E-state index < -0.39 is 22.8 Å². The summed E-state index contributed by atoms with van der Waals surface area (Å²) >= 11 is 0. The van der Waals surface area contributed by atoms with Gasteiger partial charge < -0.3 is 20.3 Å². The number of nitrogens with two attached hydrogens (primary N) is 1. The molecule has 6 nitrogen and oxygen atoms in total. The molecule has 0 spiro atoms. The fourth-order valence-electron chi connectivity index (χ4n) is 2.29. The lowest BCUT2D eigenvalue weighted by Crippen LogP contribution is -2.26. The molecule has 1 radical (unpaired) electrons. The van der Waals surface area contributed by atoms with Gasteiger partial charge >= 0.3 is 11.9 Å². The molecule has 0 saturated carbocycles. The number of rotatable bonds is 4. The Balaban J connectivity index is 2.54. The van der Waals surface area contributed by atoms with Gasteiger partial charge in [0.05, 0.1) is 17.4 Å². The molecule has 0 aromatic heterocycles. The zero-order valence-corrected chi connectivity index (χ0v) is 17.8. The first-order valence-electron chi connectivity index (χ1n) is 9.32. The minimum absolute atomic E-state index is 0.184. The summed E-state index contributed by atoms with van der Waals surface area (Å²) in [6.07, 6.45) is 0. The molecule has 0 amide bonds. The van der Waals surface area contributed by atoms with Crippen molar-refractivity contribution in [3.8, 4) is 22.6 Å². The molecule has 155 valence electrons. The van der Waals surface area contributed by atoms with E-state index in [2.05, 4.69) is 6.07 Å². The molecule has 29 heavy (non-hydrogen) atoms. The van der Waals surface area contributed by atoms with Crippen molar-refractivity contribution in [1.29, 1.82) is 0 Å². The SMILES string of the molecule is CC(C)(C)C(=O)Oc1c[c]c(-c2cc(N)cc(CO)c2)c(OC(=O)C(C)(C)C)c1. The summed E-state index contributed by atoms with van der Waals surface area (Å²) < 4.78 is 11.0. The molecule has 3 N–H and O–H groups in total. The standard InChI is InChI=1S/C23H28NO5/c1-22(2,3)20(26)28-17-7-8-18(15-9-14(13-25)10-16(24)11-15)19(12-17)29-21(27)23(4,5)6/h7,9-12,25H,13,24H2,1-6H3. The monoisotopic (exact) mass is 398 g/mol. The van der Waals surface area contributed by atoms with Crippen LogP contribution in [0.3, 0.4) is 0 Å². The number of hydrogen-bond donors (Lipinski definition) is 2. The minimum Gasteiger partial charge on any atom is -0.426 e. The van der Waals surface area contributed by atoms with E-state index in [1.165, 1.54) is 12.1 Å². The third-order valence-corrected chi connectivity index (χ3v) is 4.00. The number of carbonyl (C=O) groups is 2. The molecule has 0 aliphatic rings. The number of benzene rings is 2. The maximum absolute atomic E-state index is 12.5. The van der Waals surface area contributed by atoms with E-state index in [1.807, 2.05) is 0 Å². The van der Waals surface area contributed by atoms with Crippen LogP contribution in [0.15, 0.2) is 30.3 Å². The van der Waals surface area contributed by atoms with E-state index in [0.29, 0.717) is 22.4 Å². The van der Waals surface area contributed by atoms with Gasteiger partial charge in [0.25, 0.3) is 0 Å². The van der Waals surface area contributed by atoms with Crippen LogP contribution < -0.4 is 15.2 Å². The predicted molar refractivity (Wildman–Crippen MR) is 111 cm³/mol. The summed E-state index contributed by atoms with van der Waals surface area (Å²) in [6, 6.07) is 11.1. The number of anilines is 1. The fourth-order valence-corrected chi connectivity index (χ4v) is 2.29. The summed E-state index contributed by atoms with van der Waals surface area (Å²) in [4.78, 5) is 24.7. The second-order valence-electron chi connectivity index (χ2n) is 8.98. The van der Waals surface area contributed by atoms with Crippen LogP contribution in [0.25, 0.3) is 11.1 Å². The molecule has 2 rings (SSSR count). The second-order valence-corrected chi connectivity index (χ2v) is 8.98. The maximum Gasteiger partial charge on any atom is 0.316 e. The summed E-state index contributed by atoms with van der Waals surface area (Å²) in [6.45, 7) is 10.3. The largest absolute Gasteiger partial charge is 0.426 e. The van der Waals surface area contributed by atoms with Crippen molar-refractivity contribution in [2.45, 2.75) is 48.1 Å². The lowest BCUT2D eigenvalue weighted by atomic mass is 9.97. The lowest BCUT2D eigenvalue weighted by molar-refractivity contribution is -0.143. The van der Waals surface area contributed by atoms with Crippen LogP contribution in [-0.2, 0) is 16.2 Å². The molecular weight excluding hydrogens is 370 g/mol. The first kappa shape index (κ1) is 22.4. The maximum atomic E-state index is 12.5. The van der Waals surface area contributed by atoms with Crippen LogP contribution >= 0.6 is 0 Å². The molecule has 0 unspecified atom stereocenters. The molecular formula is C23H28NO5. The van der Waals surface area contributed by atoms with Gasteiger partial charge in [-0.15, -0.1) is 0 Å². The Morgan fingerprint density at radius 2 is 1.55 bits per heavy atom. The number of ether oxygens (including phenoxy) is 2. The number of nitrogen functional groups attached to an aromatic ring is 1. The van der Waals surface area contributed by atoms with Crippen molar-refractivity contribution in [2.24, 2.45) is 10.8 Å². The Morgan fingerprint density at radius 1 is 0.966 bits per heavy atom. The van der Waals surface area contributed by atoms with Crippen molar-refractivity contribution < 1.29 is 24.2 Å². The second kappa shape index (κ2) is 8.25. The zero-order valence-electron chi connectivity index (χ0n) is 17.8. The molecule has 2 aromatic rings.